The topological polar surface area (TPSA) is 23.6 Å². The summed E-state index contributed by atoms with van der Waals surface area (Å²) in [6.07, 6.45) is 3.41. The molecule has 0 aliphatic carbocycles. The van der Waals surface area contributed by atoms with Crippen LogP contribution < -0.4 is 0 Å². The number of likely N-dealkylation sites (tertiary alicyclic amines) is 1. The Labute approximate surface area is 159 Å². The van der Waals surface area contributed by atoms with Gasteiger partial charge in [-0.2, -0.15) is 0 Å². The molecule has 3 nitrogen and oxygen atoms in total. The first-order chi connectivity index (χ1) is 11.4. The van der Waals surface area contributed by atoms with Crippen LogP contribution in [0.2, 0.25) is 0 Å². The van der Waals surface area contributed by atoms with Crippen LogP contribution in [-0.2, 0) is 4.79 Å². The quantitative estimate of drug-likeness (QED) is 0.642. The Kier molecular flexibility index (Phi) is 7.63. The van der Waals surface area contributed by atoms with Gasteiger partial charge in [0.15, 0.2) is 0 Å². The highest BCUT2D eigenvalue weighted by atomic mass is 79.9. The molecule has 0 unspecified atom stereocenters. The number of amides is 1. The number of hydrogen-bond acceptors (Lipinski definition) is 3. The number of rotatable bonds is 6. The van der Waals surface area contributed by atoms with Crippen molar-refractivity contribution in [1.29, 1.82) is 0 Å². The average molecular weight is 413 g/mol. The third kappa shape index (κ3) is 5.24. The van der Waals surface area contributed by atoms with Gasteiger partial charge in [0.1, 0.15) is 0 Å². The Morgan fingerprint density at radius 2 is 1.96 bits per heavy atom. The maximum atomic E-state index is 12.6. The molecule has 0 spiro atoms. The largest absolute Gasteiger partial charge is 0.342 e. The molecular formula is C19H29BrN2OS. The minimum Gasteiger partial charge on any atom is -0.342 e. The van der Waals surface area contributed by atoms with Crippen LogP contribution in [0.5, 0.6) is 0 Å². The van der Waals surface area contributed by atoms with Crippen molar-refractivity contribution in [3.05, 3.63) is 27.7 Å². The standard InChI is InChI=1S/C19H29BrN2OS/c1-5-8-22-9-6-16(7-10-22)21(4)19(23)13-24-18-12-14(2)17(20)11-15(18)3/h11-12,16H,5-10,13H2,1-4H3. The van der Waals surface area contributed by atoms with Gasteiger partial charge in [0.25, 0.3) is 0 Å². The first-order valence-corrected chi connectivity index (χ1v) is 10.6. The van der Waals surface area contributed by atoms with E-state index in [9.17, 15) is 4.79 Å². The summed E-state index contributed by atoms with van der Waals surface area (Å²) in [7, 11) is 1.97. The summed E-state index contributed by atoms with van der Waals surface area (Å²) in [5, 5.41) is 0. The smallest absolute Gasteiger partial charge is 0.232 e. The van der Waals surface area contributed by atoms with Crippen molar-refractivity contribution in [1.82, 2.24) is 9.80 Å². The van der Waals surface area contributed by atoms with Crippen LogP contribution in [0.1, 0.15) is 37.3 Å². The molecule has 1 saturated heterocycles. The molecule has 1 aliphatic heterocycles. The van der Waals surface area contributed by atoms with Gasteiger partial charge in [-0.1, -0.05) is 22.9 Å². The molecule has 24 heavy (non-hydrogen) atoms. The summed E-state index contributed by atoms with van der Waals surface area (Å²) in [5.74, 6) is 0.766. The van der Waals surface area contributed by atoms with Gasteiger partial charge in [-0.3, -0.25) is 4.79 Å². The Morgan fingerprint density at radius 3 is 2.58 bits per heavy atom. The third-order valence-corrected chi connectivity index (χ3v) is 6.84. The minimum absolute atomic E-state index is 0.244. The molecule has 134 valence electrons. The van der Waals surface area contributed by atoms with Gasteiger partial charge >= 0.3 is 0 Å². The SMILES string of the molecule is CCCN1CCC(N(C)C(=O)CSc2cc(C)c(Br)cc2C)CC1. The van der Waals surface area contributed by atoms with E-state index in [1.165, 1.54) is 29.0 Å². The van der Waals surface area contributed by atoms with Crippen LogP contribution in [-0.4, -0.2) is 54.2 Å². The lowest BCUT2D eigenvalue weighted by molar-refractivity contribution is -0.129. The molecule has 5 heteroatoms. The number of thioether (sulfide) groups is 1. The average Bonchev–Trinajstić information content (AvgIpc) is 2.57. The fourth-order valence-corrected chi connectivity index (χ4v) is 4.69. The molecule has 2 rings (SSSR count). The van der Waals surface area contributed by atoms with Crippen molar-refractivity contribution >= 4 is 33.6 Å². The van der Waals surface area contributed by atoms with Crippen LogP contribution in [0.4, 0.5) is 0 Å². The van der Waals surface area contributed by atoms with Gasteiger partial charge in [0, 0.05) is 35.5 Å². The predicted molar refractivity (Wildman–Crippen MR) is 107 cm³/mol. The van der Waals surface area contributed by atoms with Crippen LogP contribution in [0.15, 0.2) is 21.5 Å². The number of benzene rings is 1. The molecule has 1 amide bonds. The maximum Gasteiger partial charge on any atom is 0.232 e. The zero-order valence-electron chi connectivity index (χ0n) is 15.3. The van der Waals surface area contributed by atoms with Crippen LogP contribution >= 0.6 is 27.7 Å². The molecule has 1 aromatic rings. The van der Waals surface area contributed by atoms with Gasteiger partial charge in [-0.25, -0.2) is 0 Å². The second-order valence-electron chi connectivity index (χ2n) is 6.73. The van der Waals surface area contributed by atoms with Crippen molar-refractivity contribution in [3.63, 3.8) is 0 Å². The maximum absolute atomic E-state index is 12.6. The first kappa shape index (κ1) is 19.8. The van der Waals surface area contributed by atoms with Crippen molar-refractivity contribution in [2.75, 3.05) is 32.4 Å². The van der Waals surface area contributed by atoms with E-state index < -0.39 is 0 Å². The second kappa shape index (κ2) is 9.25. The zero-order valence-corrected chi connectivity index (χ0v) is 17.7. The molecular weight excluding hydrogens is 384 g/mol. The van der Waals surface area contributed by atoms with Crippen LogP contribution in [0, 0.1) is 13.8 Å². The number of piperidine rings is 1. The molecule has 0 N–H and O–H groups in total. The second-order valence-corrected chi connectivity index (χ2v) is 8.60. The van der Waals surface area contributed by atoms with E-state index in [0.717, 1.165) is 30.4 Å². The highest BCUT2D eigenvalue weighted by Crippen LogP contribution is 2.29. The summed E-state index contributed by atoms with van der Waals surface area (Å²) in [6, 6.07) is 4.70. The highest BCUT2D eigenvalue weighted by molar-refractivity contribution is 9.10. The summed E-state index contributed by atoms with van der Waals surface area (Å²) in [4.78, 5) is 18.3. The summed E-state index contributed by atoms with van der Waals surface area (Å²) < 4.78 is 1.13. The lowest BCUT2D eigenvalue weighted by atomic mass is 10.0. The number of hydrogen-bond donors (Lipinski definition) is 0. The van der Waals surface area contributed by atoms with E-state index in [1.54, 1.807) is 11.8 Å². The number of nitrogens with zero attached hydrogens (tertiary/aromatic N) is 2. The predicted octanol–water partition coefficient (Wildman–Crippen LogP) is 4.49. The van der Waals surface area contributed by atoms with E-state index in [4.69, 9.17) is 0 Å². The molecule has 0 atom stereocenters. The fourth-order valence-electron chi connectivity index (χ4n) is 3.20. The Morgan fingerprint density at radius 1 is 1.29 bits per heavy atom. The lowest BCUT2D eigenvalue weighted by Crippen LogP contribution is -2.46. The molecule has 0 radical (unpaired) electrons. The Hall–Kier alpha value is -0.520. The first-order valence-electron chi connectivity index (χ1n) is 8.80. The summed E-state index contributed by atoms with van der Waals surface area (Å²) in [6.45, 7) is 9.84. The number of aryl methyl sites for hydroxylation is 2. The lowest BCUT2D eigenvalue weighted by Gasteiger charge is -2.36. The van der Waals surface area contributed by atoms with Gasteiger partial charge in [0.05, 0.1) is 5.75 Å². The summed E-state index contributed by atoms with van der Waals surface area (Å²) >= 11 is 5.22. The van der Waals surface area contributed by atoms with Gasteiger partial charge in [-0.15, -0.1) is 11.8 Å². The molecule has 0 saturated carbocycles. The summed E-state index contributed by atoms with van der Waals surface area (Å²) in [5.41, 5.74) is 2.44. The van der Waals surface area contributed by atoms with Crippen molar-refractivity contribution < 1.29 is 4.79 Å². The van der Waals surface area contributed by atoms with Gasteiger partial charge in [-0.05, 0) is 62.9 Å². The van der Waals surface area contributed by atoms with Gasteiger partial charge < -0.3 is 9.80 Å². The van der Waals surface area contributed by atoms with E-state index in [0.29, 0.717) is 11.8 Å². The third-order valence-electron chi connectivity index (χ3n) is 4.85. The van der Waals surface area contributed by atoms with Crippen molar-refractivity contribution in [2.24, 2.45) is 0 Å². The highest BCUT2D eigenvalue weighted by Gasteiger charge is 2.25. The van der Waals surface area contributed by atoms with E-state index >= 15 is 0 Å². The van der Waals surface area contributed by atoms with Crippen LogP contribution in [0.3, 0.4) is 0 Å². The molecule has 0 aromatic heterocycles. The number of carbonyl (C=O) groups excluding carboxylic acids is 1. The Balaban J connectivity index is 1.85. The zero-order chi connectivity index (χ0) is 17.7. The Bertz CT molecular complexity index is 571. The molecule has 1 aromatic carbocycles. The van der Waals surface area contributed by atoms with Gasteiger partial charge in [0.2, 0.25) is 5.91 Å². The monoisotopic (exact) mass is 412 g/mol. The molecule has 0 bridgehead atoms. The van der Waals surface area contributed by atoms with Crippen molar-refractivity contribution in [3.8, 4) is 0 Å². The molecule has 1 aliphatic rings. The normalized spacial score (nSPS) is 16.4. The van der Waals surface area contributed by atoms with Crippen LogP contribution in [0.25, 0.3) is 0 Å². The van der Waals surface area contributed by atoms with Crippen molar-refractivity contribution in [2.45, 2.75) is 51.0 Å². The number of halogens is 1. The van der Waals surface area contributed by atoms with E-state index in [2.05, 4.69) is 53.7 Å². The number of carbonyl (C=O) groups is 1. The van der Waals surface area contributed by atoms with E-state index in [1.807, 2.05) is 11.9 Å². The molecule has 1 fully saturated rings. The fraction of sp³-hybridized carbons (Fsp3) is 0.632. The minimum atomic E-state index is 0.244. The van der Waals surface area contributed by atoms with E-state index in [-0.39, 0.29) is 5.91 Å². The molecule has 1 heterocycles.